The number of methoxy groups -OCH3 is 1. The Balaban J connectivity index is 5.17. The molecule has 0 spiro atoms. The lowest BCUT2D eigenvalue weighted by Crippen LogP contribution is -2.50. The maximum atomic E-state index is 12.6. The minimum atomic E-state index is -1.33. The Bertz CT molecular complexity index is 421. The number of alkyl carbamates (subject to hydrolysis) is 1. The number of hydrogen-bond acceptors (Lipinski definition) is 5. The van der Waals surface area contributed by atoms with Gasteiger partial charge in [0.2, 0.25) is 0 Å². The van der Waals surface area contributed by atoms with Crippen molar-refractivity contribution < 1.29 is 23.9 Å². The number of ketones is 1. The maximum absolute atomic E-state index is 12.6. The van der Waals surface area contributed by atoms with E-state index in [1.807, 2.05) is 13.8 Å². The molecule has 0 aliphatic rings. The molecule has 1 amide bonds. The molecule has 0 aromatic rings. The molecule has 0 fully saturated rings. The van der Waals surface area contributed by atoms with Crippen molar-refractivity contribution >= 4 is 17.8 Å². The van der Waals surface area contributed by atoms with Crippen molar-refractivity contribution in [3.8, 4) is 0 Å². The Kier molecular flexibility index (Phi) is 7.06. The van der Waals surface area contributed by atoms with Crippen molar-refractivity contribution in [1.82, 2.24) is 5.32 Å². The molecule has 128 valence electrons. The lowest BCUT2D eigenvalue weighted by molar-refractivity contribution is -0.156. The summed E-state index contributed by atoms with van der Waals surface area (Å²) in [6.07, 6.45) is -0.259. The summed E-state index contributed by atoms with van der Waals surface area (Å²) in [5.74, 6) is -0.853. The molecule has 1 N–H and O–H groups in total. The fraction of sp³-hybridized carbons (Fsp3) is 0.812. The number of esters is 1. The van der Waals surface area contributed by atoms with Crippen LogP contribution in [0.1, 0.15) is 54.9 Å². The quantitative estimate of drug-likeness (QED) is 0.602. The summed E-state index contributed by atoms with van der Waals surface area (Å²) in [5.41, 5.74) is -1.99. The first-order chi connectivity index (χ1) is 9.81. The van der Waals surface area contributed by atoms with Crippen LogP contribution in [-0.2, 0) is 19.1 Å². The average molecular weight is 315 g/mol. The van der Waals surface area contributed by atoms with E-state index in [0.717, 1.165) is 0 Å². The molecule has 0 aliphatic heterocycles. The monoisotopic (exact) mass is 315 g/mol. The Morgan fingerprint density at radius 3 is 1.91 bits per heavy atom. The molecule has 0 rings (SSSR count). The van der Waals surface area contributed by atoms with Gasteiger partial charge in [-0.1, -0.05) is 13.8 Å². The summed E-state index contributed by atoms with van der Waals surface area (Å²) < 4.78 is 9.85. The lowest BCUT2D eigenvalue weighted by atomic mass is 9.82. The topological polar surface area (TPSA) is 81.7 Å². The number of ether oxygens (including phenoxy) is 2. The molecule has 0 aromatic carbocycles. The summed E-state index contributed by atoms with van der Waals surface area (Å²) in [7, 11) is 1.23. The number of hydrogen-bond donors (Lipinski definition) is 1. The third-order valence-corrected chi connectivity index (χ3v) is 3.03. The Morgan fingerprint density at radius 2 is 1.55 bits per heavy atom. The van der Waals surface area contributed by atoms with E-state index in [-0.39, 0.29) is 11.7 Å². The molecular weight excluding hydrogens is 286 g/mol. The van der Waals surface area contributed by atoms with Gasteiger partial charge >= 0.3 is 12.1 Å². The van der Waals surface area contributed by atoms with Crippen LogP contribution in [0.5, 0.6) is 0 Å². The van der Waals surface area contributed by atoms with Crippen molar-refractivity contribution in [2.24, 2.45) is 11.3 Å². The Labute approximate surface area is 132 Å². The van der Waals surface area contributed by atoms with Crippen LogP contribution in [0.3, 0.4) is 0 Å². The normalized spacial score (nSPS) is 13.5. The third-order valence-electron chi connectivity index (χ3n) is 3.03. The number of rotatable bonds is 6. The van der Waals surface area contributed by atoms with Gasteiger partial charge in [0.15, 0.2) is 5.78 Å². The van der Waals surface area contributed by atoms with Gasteiger partial charge in [-0.2, -0.15) is 0 Å². The molecule has 0 saturated heterocycles. The zero-order valence-corrected chi connectivity index (χ0v) is 14.9. The molecule has 0 heterocycles. The van der Waals surface area contributed by atoms with Gasteiger partial charge in [-0.15, -0.1) is 0 Å². The van der Waals surface area contributed by atoms with Gasteiger partial charge in [0.1, 0.15) is 11.0 Å². The first-order valence-corrected chi connectivity index (χ1v) is 7.43. The minimum Gasteiger partial charge on any atom is -0.468 e. The van der Waals surface area contributed by atoms with Crippen LogP contribution in [0.4, 0.5) is 4.79 Å². The smallest absolute Gasteiger partial charge is 0.408 e. The Morgan fingerprint density at radius 1 is 1.05 bits per heavy atom. The zero-order valence-electron chi connectivity index (χ0n) is 14.9. The summed E-state index contributed by atoms with van der Waals surface area (Å²) >= 11 is 0. The first kappa shape index (κ1) is 20.4. The molecule has 0 aliphatic carbocycles. The van der Waals surface area contributed by atoms with Gasteiger partial charge in [0.05, 0.1) is 13.2 Å². The number of carbonyl (C=O) groups is 3. The van der Waals surface area contributed by atoms with E-state index in [1.54, 1.807) is 20.8 Å². The fourth-order valence-corrected chi connectivity index (χ4v) is 1.94. The van der Waals surface area contributed by atoms with E-state index < -0.39 is 29.1 Å². The first-order valence-electron chi connectivity index (χ1n) is 7.43. The molecule has 6 nitrogen and oxygen atoms in total. The largest absolute Gasteiger partial charge is 0.468 e. The van der Waals surface area contributed by atoms with E-state index >= 15 is 0 Å². The van der Waals surface area contributed by atoms with E-state index in [9.17, 15) is 14.4 Å². The summed E-state index contributed by atoms with van der Waals surface area (Å²) in [5, 5.41) is 2.57. The second kappa shape index (κ2) is 7.61. The molecule has 6 heteroatoms. The number of nitrogens with one attached hydrogen (secondary N) is 1. The van der Waals surface area contributed by atoms with Gasteiger partial charge in [0, 0.05) is 0 Å². The standard InChI is InChI=1S/C16H29NO5/c1-10(2)9-11(17-14(20)22-15(3,4)5)12(18)16(6,7)13(19)21-8/h10-11H,9H2,1-8H3,(H,17,20). The molecule has 0 saturated carbocycles. The van der Waals surface area contributed by atoms with Gasteiger partial charge in [-0.25, -0.2) is 4.79 Å². The highest BCUT2D eigenvalue weighted by molar-refractivity contribution is 6.06. The molecule has 0 aromatic heterocycles. The second-order valence-electron chi connectivity index (χ2n) is 7.31. The van der Waals surface area contributed by atoms with Crippen LogP contribution in [0.25, 0.3) is 0 Å². The van der Waals surface area contributed by atoms with E-state index in [1.165, 1.54) is 21.0 Å². The van der Waals surface area contributed by atoms with Gasteiger partial charge in [0.25, 0.3) is 0 Å². The van der Waals surface area contributed by atoms with Crippen molar-refractivity contribution in [3.05, 3.63) is 0 Å². The van der Waals surface area contributed by atoms with Crippen molar-refractivity contribution in [3.63, 3.8) is 0 Å². The van der Waals surface area contributed by atoms with Gasteiger partial charge in [-0.05, 0) is 47.0 Å². The van der Waals surface area contributed by atoms with Crippen LogP contribution in [0.2, 0.25) is 0 Å². The highest BCUT2D eigenvalue weighted by Crippen LogP contribution is 2.23. The predicted molar refractivity (Wildman–Crippen MR) is 83.4 cm³/mol. The summed E-state index contributed by atoms with van der Waals surface area (Å²) in [4.78, 5) is 36.3. The maximum Gasteiger partial charge on any atom is 0.408 e. The van der Waals surface area contributed by atoms with Crippen LogP contribution in [0, 0.1) is 11.3 Å². The molecule has 1 atom stereocenters. The minimum absolute atomic E-state index is 0.164. The summed E-state index contributed by atoms with van der Waals surface area (Å²) in [6, 6.07) is -0.802. The van der Waals surface area contributed by atoms with Crippen molar-refractivity contribution in [2.75, 3.05) is 7.11 Å². The van der Waals surface area contributed by atoms with Crippen molar-refractivity contribution in [2.45, 2.75) is 66.5 Å². The third kappa shape index (κ3) is 6.45. The van der Waals surface area contributed by atoms with Crippen molar-refractivity contribution in [1.29, 1.82) is 0 Å². The molecule has 1 unspecified atom stereocenters. The number of amides is 1. The SMILES string of the molecule is COC(=O)C(C)(C)C(=O)C(CC(C)C)NC(=O)OC(C)(C)C. The highest BCUT2D eigenvalue weighted by Gasteiger charge is 2.42. The van der Waals surface area contributed by atoms with Crippen LogP contribution < -0.4 is 5.32 Å². The van der Waals surface area contributed by atoms with Crippen LogP contribution >= 0.6 is 0 Å². The van der Waals surface area contributed by atoms with E-state index in [0.29, 0.717) is 6.42 Å². The molecule has 0 bridgehead atoms. The lowest BCUT2D eigenvalue weighted by Gasteiger charge is -2.28. The van der Waals surface area contributed by atoms with Crippen LogP contribution in [0.15, 0.2) is 0 Å². The highest BCUT2D eigenvalue weighted by atomic mass is 16.6. The van der Waals surface area contributed by atoms with E-state index in [2.05, 4.69) is 10.1 Å². The number of carbonyl (C=O) groups excluding carboxylic acids is 3. The molecule has 22 heavy (non-hydrogen) atoms. The van der Waals surface area contributed by atoms with E-state index in [4.69, 9.17) is 4.74 Å². The number of Topliss-reactive ketones (excluding diaryl/α,β-unsaturated/α-hetero) is 1. The molecule has 0 radical (unpaired) electrons. The van der Waals surface area contributed by atoms with Crippen LogP contribution in [-0.4, -0.2) is 36.6 Å². The molecular formula is C16H29NO5. The fourth-order valence-electron chi connectivity index (χ4n) is 1.94. The van der Waals surface area contributed by atoms with Gasteiger partial charge < -0.3 is 14.8 Å². The average Bonchev–Trinajstić information content (AvgIpc) is 2.32. The zero-order chi connectivity index (χ0) is 17.7. The summed E-state index contributed by atoms with van der Waals surface area (Å²) in [6.45, 7) is 12.1. The van der Waals surface area contributed by atoms with Gasteiger partial charge in [-0.3, -0.25) is 9.59 Å². The Hall–Kier alpha value is -1.59. The second-order valence-corrected chi connectivity index (χ2v) is 7.31. The predicted octanol–water partition coefficient (Wildman–Crippen LogP) is 2.69.